The molecule has 17 heavy (non-hydrogen) atoms. The van der Waals surface area contributed by atoms with Gasteiger partial charge in [0.05, 0.1) is 0 Å². The second-order valence-corrected chi connectivity index (χ2v) is 4.64. The van der Waals surface area contributed by atoms with Crippen LogP contribution in [0.5, 0.6) is 0 Å². The zero-order valence-corrected chi connectivity index (χ0v) is 10.2. The molecule has 0 aromatic carbocycles. The van der Waals surface area contributed by atoms with Crippen LogP contribution in [0.25, 0.3) is 0 Å². The van der Waals surface area contributed by atoms with E-state index in [0.29, 0.717) is 19.0 Å². The number of hydrogen-bond donors (Lipinski definition) is 2. The summed E-state index contributed by atoms with van der Waals surface area (Å²) in [4.78, 5) is 15.5. The van der Waals surface area contributed by atoms with E-state index >= 15 is 0 Å². The van der Waals surface area contributed by atoms with Crippen LogP contribution in [0.3, 0.4) is 0 Å². The molecule has 0 spiro atoms. The maximum Gasteiger partial charge on any atom is 0.221 e. The zero-order chi connectivity index (χ0) is 12.1. The fourth-order valence-corrected chi connectivity index (χ4v) is 1.68. The second-order valence-electron chi connectivity index (χ2n) is 4.64. The Morgan fingerprint density at radius 1 is 1.47 bits per heavy atom. The number of aromatic nitrogens is 1. The SMILES string of the molecule is Cc1cncc(CNCCC(=O)NC2CC2)c1. The number of amides is 1. The molecule has 0 saturated heterocycles. The van der Waals surface area contributed by atoms with E-state index in [9.17, 15) is 4.79 Å². The number of carbonyl (C=O) groups excluding carboxylic acids is 1. The van der Waals surface area contributed by atoms with E-state index in [1.807, 2.05) is 19.3 Å². The minimum atomic E-state index is 0.155. The van der Waals surface area contributed by atoms with E-state index in [1.54, 1.807) is 0 Å². The molecule has 0 bridgehead atoms. The van der Waals surface area contributed by atoms with Crippen molar-refractivity contribution < 1.29 is 4.79 Å². The number of aryl methyl sites for hydroxylation is 1. The normalized spacial score (nSPS) is 14.6. The Morgan fingerprint density at radius 2 is 2.29 bits per heavy atom. The van der Waals surface area contributed by atoms with E-state index in [-0.39, 0.29) is 5.91 Å². The highest BCUT2D eigenvalue weighted by Gasteiger charge is 2.22. The Morgan fingerprint density at radius 3 is 3.00 bits per heavy atom. The summed E-state index contributed by atoms with van der Waals surface area (Å²) in [5.41, 5.74) is 2.32. The summed E-state index contributed by atoms with van der Waals surface area (Å²) in [5, 5.41) is 6.22. The first-order valence-corrected chi connectivity index (χ1v) is 6.14. The molecule has 0 radical (unpaired) electrons. The van der Waals surface area contributed by atoms with Gasteiger partial charge in [-0.3, -0.25) is 9.78 Å². The second kappa shape index (κ2) is 5.77. The van der Waals surface area contributed by atoms with Crippen LogP contribution in [-0.4, -0.2) is 23.5 Å². The molecule has 0 atom stereocenters. The van der Waals surface area contributed by atoms with Gasteiger partial charge in [0.1, 0.15) is 0 Å². The van der Waals surface area contributed by atoms with Crippen LogP contribution in [0.1, 0.15) is 30.4 Å². The van der Waals surface area contributed by atoms with E-state index in [2.05, 4.69) is 21.7 Å². The van der Waals surface area contributed by atoms with Gasteiger partial charge in [-0.15, -0.1) is 0 Å². The average Bonchev–Trinajstić information content (AvgIpc) is 3.08. The first-order chi connectivity index (χ1) is 8.24. The molecule has 0 aliphatic heterocycles. The molecule has 1 amide bonds. The lowest BCUT2D eigenvalue weighted by Crippen LogP contribution is -2.29. The van der Waals surface area contributed by atoms with Gasteiger partial charge in [-0.1, -0.05) is 6.07 Å². The molecule has 2 N–H and O–H groups in total. The molecular formula is C13H19N3O. The van der Waals surface area contributed by atoms with Crippen molar-refractivity contribution in [2.75, 3.05) is 6.54 Å². The third-order valence-corrected chi connectivity index (χ3v) is 2.73. The van der Waals surface area contributed by atoms with Crippen LogP contribution in [0.15, 0.2) is 18.5 Å². The highest BCUT2D eigenvalue weighted by Crippen LogP contribution is 2.18. The molecule has 0 unspecified atom stereocenters. The summed E-state index contributed by atoms with van der Waals surface area (Å²) in [6.45, 7) is 3.51. The lowest BCUT2D eigenvalue weighted by molar-refractivity contribution is -0.121. The molecule has 1 aliphatic carbocycles. The van der Waals surface area contributed by atoms with E-state index in [4.69, 9.17) is 0 Å². The van der Waals surface area contributed by atoms with Crippen molar-refractivity contribution in [2.24, 2.45) is 0 Å². The van der Waals surface area contributed by atoms with Crippen LogP contribution in [0.2, 0.25) is 0 Å². The van der Waals surface area contributed by atoms with Gasteiger partial charge in [0.25, 0.3) is 0 Å². The van der Waals surface area contributed by atoms with Crippen LogP contribution < -0.4 is 10.6 Å². The third-order valence-electron chi connectivity index (χ3n) is 2.73. The van der Waals surface area contributed by atoms with Crippen LogP contribution in [-0.2, 0) is 11.3 Å². The highest BCUT2D eigenvalue weighted by molar-refractivity contribution is 5.76. The number of rotatable bonds is 6. The van der Waals surface area contributed by atoms with Gasteiger partial charge in [0, 0.05) is 37.9 Å². The first kappa shape index (κ1) is 12.0. The van der Waals surface area contributed by atoms with Crippen molar-refractivity contribution in [1.29, 1.82) is 0 Å². The smallest absolute Gasteiger partial charge is 0.221 e. The van der Waals surface area contributed by atoms with Crippen molar-refractivity contribution in [2.45, 2.75) is 38.8 Å². The summed E-state index contributed by atoms with van der Waals surface area (Å²) in [5.74, 6) is 0.155. The largest absolute Gasteiger partial charge is 0.353 e. The van der Waals surface area contributed by atoms with E-state index in [0.717, 1.165) is 30.5 Å². The van der Waals surface area contributed by atoms with E-state index in [1.165, 1.54) is 0 Å². The number of pyridine rings is 1. The molecule has 1 aromatic heterocycles. The molecule has 1 heterocycles. The fourth-order valence-electron chi connectivity index (χ4n) is 1.68. The van der Waals surface area contributed by atoms with Gasteiger partial charge in [0.2, 0.25) is 5.91 Å². The first-order valence-electron chi connectivity index (χ1n) is 6.14. The minimum Gasteiger partial charge on any atom is -0.353 e. The summed E-state index contributed by atoms with van der Waals surface area (Å²) in [7, 11) is 0. The maximum absolute atomic E-state index is 11.4. The van der Waals surface area contributed by atoms with Gasteiger partial charge in [0.15, 0.2) is 0 Å². The van der Waals surface area contributed by atoms with Crippen molar-refractivity contribution in [3.05, 3.63) is 29.6 Å². The Balaban J connectivity index is 1.60. The quantitative estimate of drug-likeness (QED) is 0.725. The van der Waals surface area contributed by atoms with Crippen molar-refractivity contribution in [3.63, 3.8) is 0 Å². The standard InChI is InChI=1S/C13H19N3O/c1-10-6-11(9-15-7-10)8-14-5-4-13(17)16-12-2-3-12/h6-7,9,12,14H,2-5,8H2,1H3,(H,16,17). The van der Waals surface area contributed by atoms with Crippen LogP contribution in [0.4, 0.5) is 0 Å². The van der Waals surface area contributed by atoms with Crippen LogP contribution >= 0.6 is 0 Å². The molecule has 2 rings (SSSR count). The third kappa shape index (κ3) is 4.53. The van der Waals surface area contributed by atoms with Crippen LogP contribution in [0, 0.1) is 6.92 Å². The average molecular weight is 233 g/mol. The Kier molecular flexibility index (Phi) is 4.09. The van der Waals surface area contributed by atoms with Gasteiger partial charge in [-0.2, -0.15) is 0 Å². The molecule has 1 aliphatic rings. The number of hydrogen-bond acceptors (Lipinski definition) is 3. The fraction of sp³-hybridized carbons (Fsp3) is 0.538. The Bertz CT molecular complexity index is 388. The van der Waals surface area contributed by atoms with Gasteiger partial charge in [-0.05, 0) is 30.9 Å². The van der Waals surface area contributed by atoms with Crippen molar-refractivity contribution in [3.8, 4) is 0 Å². The summed E-state index contributed by atoms with van der Waals surface area (Å²) in [6, 6.07) is 2.56. The monoisotopic (exact) mass is 233 g/mol. The molecule has 1 saturated carbocycles. The number of nitrogens with one attached hydrogen (secondary N) is 2. The summed E-state index contributed by atoms with van der Waals surface area (Å²) < 4.78 is 0. The van der Waals surface area contributed by atoms with Crippen molar-refractivity contribution >= 4 is 5.91 Å². The maximum atomic E-state index is 11.4. The predicted octanol–water partition coefficient (Wildman–Crippen LogP) is 1.15. The molecule has 4 nitrogen and oxygen atoms in total. The number of nitrogens with zero attached hydrogens (tertiary/aromatic N) is 1. The van der Waals surface area contributed by atoms with E-state index < -0.39 is 0 Å². The highest BCUT2D eigenvalue weighted by atomic mass is 16.1. The Labute approximate surface area is 102 Å². The molecular weight excluding hydrogens is 214 g/mol. The lowest BCUT2D eigenvalue weighted by Gasteiger charge is -2.06. The minimum absolute atomic E-state index is 0.155. The summed E-state index contributed by atoms with van der Waals surface area (Å²) >= 11 is 0. The molecule has 1 fully saturated rings. The number of carbonyl (C=O) groups is 1. The topological polar surface area (TPSA) is 54.0 Å². The van der Waals surface area contributed by atoms with Gasteiger partial charge < -0.3 is 10.6 Å². The van der Waals surface area contributed by atoms with Gasteiger partial charge in [-0.25, -0.2) is 0 Å². The predicted molar refractivity (Wildman–Crippen MR) is 66.5 cm³/mol. The molecule has 92 valence electrons. The lowest BCUT2D eigenvalue weighted by atomic mass is 10.2. The molecule has 1 aromatic rings. The van der Waals surface area contributed by atoms with Crippen molar-refractivity contribution in [1.82, 2.24) is 15.6 Å². The zero-order valence-electron chi connectivity index (χ0n) is 10.2. The van der Waals surface area contributed by atoms with Gasteiger partial charge >= 0.3 is 0 Å². The summed E-state index contributed by atoms with van der Waals surface area (Å²) in [6.07, 6.45) is 6.54. The Hall–Kier alpha value is -1.42. The molecule has 4 heteroatoms.